The molecule has 10 heteroatoms. The largest absolute Gasteiger partial charge is 0.496 e. The summed E-state index contributed by atoms with van der Waals surface area (Å²) in [6.07, 6.45) is 5.67. The lowest BCUT2D eigenvalue weighted by atomic mass is 9.92. The van der Waals surface area contributed by atoms with E-state index in [1.165, 1.54) is 17.0 Å². The summed E-state index contributed by atoms with van der Waals surface area (Å²) in [5, 5.41) is 14.8. The van der Waals surface area contributed by atoms with Gasteiger partial charge in [0.05, 0.1) is 12.7 Å². The molecule has 2 aromatic carbocycles. The van der Waals surface area contributed by atoms with Crippen LogP contribution in [0.3, 0.4) is 0 Å². The van der Waals surface area contributed by atoms with Crippen LogP contribution in [0.25, 0.3) is 27.9 Å². The molecule has 4 aromatic rings. The predicted octanol–water partition coefficient (Wildman–Crippen LogP) is 3.76. The molecule has 10 nitrogen and oxygen atoms in total. The lowest BCUT2D eigenvalue weighted by Crippen LogP contribution is -2.39. The fourth-order valence-electron chi connectivity index (χ4n) is 4.46. The first-order chi connectivity index (χ1) is 17.9. The second-order valence-electron chi connectivity index (χ2n) is 8.95. The van der Waals surface area contributed by atoms with E-state index < -0.39 is 0 Å². The van der Waals surface area contributed by atoms with Crippen molar-refractivity contribution in [3.63, 3.8) is 0 Å². The number of nitrogens with one attached hydrogen (secondary N) is 2. The van der Waals surface area contributed by atoms with Crippen molar-refractivity contribution < 1.29 is 14.3 Å². The minimum absolute atomic E-state index is 0.148. The number of aryl methyl sites for hydroxylation is 1. The second kappa shape index (κ2) is 9.73. The summed E-state index contributed by atoms with van der Waals surface area (Å²) in [7, 11) is 1.55. The van der Waals surface area contributed by atoms with Gasteiger partial charge in [-0.15, -0.1) is 14.8 Å². The summed E-state index contributed by atoms with van der Waals surface area (Å²) in [4.78, 5) is 28.9. The summed E-state index contributed by atoms with van der Waals surface area (Å²) in [5.74, 6) is 0.274. The molecule has 2 amide bonds. The van der Waals surface area contributed by atoms with Crippen molar-refractivity contribution >= 4 is 28.8 Å². The van der Waals surface area contributed by atoms with Crippen LogP contribution in [-0.2, 0) is 4.79 Å². The molecule has 0 unspecified atom stereocenters. The number of amides is 2. The molecule has 1 fully saturated rings. The normalized spacial score (nSPS) is 13.1. The number of fused-ring (bicyclic) bond motifs is 1. The van der Waals surface area contributed by atoms with Crippen LogP contribution in [0.2, 0.25) is 0 Å². The van der Waals surface area contributed by atoms with E-state index in [4.69, 9.17) is 10.5 Å². The zero-order valence-corrected chi connectivity index (χ0v) is 20.6. The van der Waals surface area contributed by atoms with Gasteiger partial charge in [0, 0.05) is 22.9 Å². The Bertz CT molecular complexity index is 1520. The molecule has 1 aliphatic rings. The molecule has 0 bridgehead atoms. The number of hydrogen-bond acceptors (Lipinski definition) is 7. The maximum atomic E-state index is 13.0. The first-order valence-corrected chi connectivity index (χ1v) is 11.9. The Balaban J connectivity index is 1.63. The van der Waals surface area contributed by atoms with Gasteiger partial charge in [-0.3, -0.25) is 9.59 Å². The number of rotatable bonds is 7. The Morgan fingerprint density at radius 1 is 1.19 bits per heavy atom. The zero-order valence-electron chi connectivity index (χ0n) is 20.6. The Morgan fingerprint density at radius 2 is 1.95 bits per heavy atom. The van der Waals surface area contributed by atoms with Crippen LogP contribution in [0.15, 0.2) is 55.4 Å². The van der Waals surface area contributed by atoms with Gasteiger partial charge in [0.1, 0.15) is 23.3 Å². The van der Waals surface area contributed by atoms with E-state index in [2.05, 4.69) is 32.4 Å². The number of nitrogens with two attached hydrogens (primary N) is 1. The fourth-order valence-corrected chi connectivity index (χ4v) is 4.46. The van der Waals surface area contributed by atoms with Crippen LogP contribution in [-0.4, -0.2) is 44.8 Å². The molecule has 0 spiro atoms. The van der Waals surface area contributed by atoms with Crippen molar-refractivity contribution in [1.82, 2.24) is 25.1 Å². The smallest absolute Gasteiger partial charge is 0.255 e. The van der Waals surface area contributed by atoms with E-state index in [1.807, 2.05) is 31.2 Å². The minimum atomic E-state index is -0.298. The highest BCUT2D eigenvalue weighted by molar-refractivity contribution is 6.02. The molecule has 0 atom stereocenters. The molecule has 37 heavy (non-hydrogen) atoms. The van der Waals surface area contributed by atoms with E-state index in [0.717, 1.165) is 36.0 Å². The average Bonchev–Trinajstić information content (AvgIpc) is 3.27. The highest BCUT2D eigenvalue weighted by atomic mass is 16.5. The summed E-state index contributed by atoms with van der Waals surface area (Å²) in [6.45, 7) is 5.35. The molecular weight excluding hydrogens is 470 g/mol. The van der Waals surface area contributed by atoms with Gasteiger partial charge >= 0.3 is 0 Å². The van der Waals surface area contributed by atoms with E-state index in [1.54, 1.807) is 19.2 Å². The van der Waals surface area contributed by atoms with Crippen molar-refractivity contribution in [2.75, 3.05) is 18.2 Å². The Morgan fingerprint density at radius 3 is 2.59 bits per heavy atom. The molecule has 1 aliphatic carbocycles. The molecule has 2 aromatic heterocycles. The summed E-state index contributed by atoms with van der Waals surface area (Å²) >= 11 is 0. The number of nitrogen functional groups attached to an aromatic ring is 1. The van der Waals surface area contributed by atoms with Gasteiger partial charge in [-0.25, -0.2) is 4.98 Å². The van der Waals surface area contributed by atoms with Crippen LogP contribution < -0.4 is 21.1 Å². The number of benzene rings is 2. The van der Waals surface area contributed by atoms with Crippen LogP contribution in [0.4, 0.5) is 11.5 Å². The van der Waals surface area contributed by atoms with E-state index >= 15 is 0 Å². The molecule has 0 saturated heterocycles. The summed E-state index contributed by atoms with van der Waals surface area (Å²) in [6, 6.07) is 11.2. The minimum Gasteiger partial charge on any atom is -0.496 e. The number of methoxy groups -OCH3 is 1. The van der Waals surface area contributed by atoms with Gasteiger partial charge < -0.3 is 21.1 Å². The quantitative estimate of drug-likeness (QED) is 0.331. The summed E-state index contributed by atoms with van der Waals surface area (Å²) < 4.78 is 7.12. The van der Waals surface area contributed by atoms with Crippen molar-refractivity contribution in [3.8, 4) is 28.1 Å². The topological polar surface area (TPSA) is 137 Å². The van der Waals surface area contributed by atoms with Gasteiger partial charge in [-0.1, -0.05) is 24.8 Å². The van der Waals surface area contributed by atoms with Gasteiger partial charge in [0.15, 0.2) is 5.82 Å². The Hall–Kier alpha value is -4.73. The lowest BCUT2D eigenvalue weighted by molar-refractivity contribution is -0.111. The third-order valence-electron chi connectivity index (χ3n) is 6.56. The fraction of sp³-hybridized carbons (Fsp3) is 0.222. The number of carbonyl (C=O) groups is 2. The first kappa shape index (κ1) is 24.0. The predicted molar refractivity (Wildman–Crippen MR) is 141 cm³/mol. The van der Waals surface area contributed by atoms with Gasteiger partial charge in [0.2, 0.25) is 5.91 Å². The number of hydrogen-bond donors (Lipinski definition) is 3. The molecule has 0 radical (unpaired) electrons. The molecular formula is C27H27N7O3. The van der Waals surface area contributed by atoms with Crippen LogP contribution >= 0.6 is 0 Å². The number of ether oxygens (including phenoxy) is 1. The van der Waals surface area contributed by atoms with Crippen LogP contribution in [0.5, 0.6) is 5.75 Å². The van der Waals surface area contributed by atoms with Crippen molar-refractivity contribution in [1.29, 1.82) is 0 Å². The van der Waals surface area contributed by atoms with E-state index in [0.29, 0.717) is 33.8 Å². The molecule has 0 aliphatic heterocycles. The number of aromatic nitrogens is 4. The maximum Gasteiger partial charge on any atom is 0.255 e. The monoisotopic (exact) mass is 497 g/mol. The first-order valence-electron chi connectivity index (χ1n) is 11.9. The third-order valence-corrected chi connectivity index (χ3v) is 6.56. The summed E-state index contributed by atoms with van der Waals surface area (Å²) in [5.41, 5.74) is 11.5. The second-order valence-corrected chi connectivity index (χ2v) is 8.95. The van der Waals surface area contributed by atoms with Crippen molar-refractivity contribution in [2.45, 2.75) is 32.2 Å². The number of carbonyl (C=O) groups excluding carboxylic acids is 2. The molecule has 188 valence electrons. The molecule has 2 heterocycles. The highest BCUT2D eigenvalue weighted by Gasteiger charge is 2.26. The Kier molecular flexibility index (Phi) is 6.31. The maximum absolute atomic E-state index is 13.0. The van der Waals surface area contributed by atoms with Gasteiger partial charge in [-0.2, -0.15) is 0 Å². The van der Waals surface area contributed by atoms with Gasteiger partial charge in [0.25, 0.3) is 5.91 Å². The van der Waals surface area contributed by atoms with E-state index in [-0.39, 0.29) is 23.7 Å². The average molecular weight is 498 g/mol. The SMILES string of the molecule is C=CC(=O)Nc1ccc(-c2nn3ncnc(N)c3c2-c2cc(C)c(C(=O)NC3CCC3)c(OC)c2)cc1. The number of anilines is 2. The standard InChI is InChI=1S/C27H27N7O3/c1-4-21(35)31-19-10-8-16(9-11-19)24-23(25-26(28)29-14-30-34(25)33-24)17-12-15(2)22(20(13-17)37-3)27(36)32-18-6-5-7-18/h4,8-14,18H,1,5-7H2,2-3H3,(H,31,35)(H,32,36)(H2,28,29,30). The Labute approximate surface area is 213 Å². The van der Waals surface area contributed by atoms with Crippen molar-refractivity contribution in [2.24, 2.45) is 0 Å². The highest BCUT2D eigenvalue weighted by Crippen LogP contribution is 2.40. The zero-order chi connectivity index (χ0) is 26.1. The van der Waals surface area contributed by atoms with Gasteiger partial charge in [-0.05, 0) is 61.6 Å². The molecule has 5 rings (SSSR count). The molecule has 4 N–H and O–H groups in total. The third kappa shape index (κ3) is 4.49. The molecule has 1 saturated carbocycles. The van der Waals surface area contributed by atoms with Crippen molar-refractivity contribution in [3.05, 3.63) is 66.5 Å². The van der Waals surface area contributed by atoms with Crippen LogP contribution in [0.1, 0.15) is 35.2 Å². The number of nitrogens with zero attached hydrogens (tertiary/aromatic N) is 4. The van der Waals surface area contributed by atoms with Crippen LogP contribution in [0, 0.1) is 6.92 Å². The lowest BCUT2D eigenvalue weighted by Gasteiger charge is -2.27. The van der Waals surface area contributed by atoms with E-state index in [9.17, 15) is 9.59 Å².